The minimum absolute atomic E-state index is 0.196. The van der Waals surface area contributed by atoms with Gasteiger partial charge in [0.05, 0.1) is 11.4 Å². The molecule has 0 spiro atoms. The average Bonchev–Trinajstić information content (AvgIpc) is 2.36. The first-order chi connectivity index (χ1) is 8.66. The van der Waals surface area contributed by atoms with Gasteiger partial charge in [0.2, 0.25) is 5.28 Å². The van der Waals surface area contributed by atoms with Gasteiger partial charge in [-0.2, -0.15) is 4.98 Å². The fraction of sp³-hybridized carbons (Fsp3) is 0.250. The Morgan fingerprint density at radius 3 is 2.89 bits per heavy atom. The van der Waals surface area contributed by atoms with Gasteiger partial charge < -0.3 is 11.1 Å². The normalized spacial score (nSPS) is 10.3. The summed E-state index contributed by atoms with van der Waals surface area (Å²) in [5, 5.41) is 3.34. The van der Waals surface area contributed by atoms with Crippen molar-refractivity contribution in [1.82, 2.24) is 15.0 Å². The number of aromatic nitrogens is 3. The number of nitrogen functional groups attached to an aromatic ring is 1. The lowest BCUT2D eigenvalue weighted by molar-refractivity contribution is 0.949. The molecule has 0 saturated carbocycles. The number of hydrogen-bond donors (Lipinski definition) is 2. The molecule has 5 nitrogen and oxygen atoms in total. The van der Waals surface area contributed by atoms with Crippen LogP contribution >= 0.6 is 11.6 Å². The summed E-state index contributed by atoms with van der Waals surface area (Å²) in [5.74, 6) is 0.573. The molecule has 3 N–H and O–H groups in total. The summed E-state index contributed by atoms with van der Waals surface area (Å²) >= 11 is 5.79. The van der Waals surface area contributed by atoms with E-state index in [1.165, 1.54) is 0 Å². The Hall–Kier alpha value is -1.88. The molecule has 0 aliphatic carbocycles. The summed E-state index contributed by atoms with van der Waals surface area (Å²) in [4.78, 5) is 12.3. The summed E-state index contributed by atoms with van der Waals surface area (Å²) in [7, 11) is 0. The van der Waals surface area contributed by atoms with E-state index in [4.69, 9.17) is 17.3 Å². The lowest BCUT2D eigenvalue weighted by Crippen LogP contribution is -2.11. The van der Waals surface area contributed by atoms with Crippen LogP contribution in [0.4, 0.5) is 11.5 Å². The number of nitrogens with two attached hydrogens (primary N) is 1. The van der Waals surface area contributed by atoms with Gasteiger partial charge in [0.1, 0.15) is 0 Å². The van der Waals surface area contributed by atoms with E-state index < -0.39 is 0 Å². The zero-order valence-corrected chi connectivity index (χ0v) is 10.8. The molecule has 0 fully saturated rings. The molecule has 6 heteroatoms. The van der Waals surface area contributed by atoms with Crippen molar-refractivity contribution < 1.29 is 0 Å². The molecule has 0 aliphatic rings. The van der Waals surface area contributed by atoms with Crippen molar-refractivity contribution in [2.75, 3.05) is 17.6 Å². The summed E-state index contributed by atoms with van der Waals surface area (Å²) in [6, 6.07) is 5.83. The molecule has 94 valence electrons. The minimum Gasteiger partial charge on any atom is -0.394 e. The van der Waals surface area contributed by atoms with E-state index in [9.17, 15) is 0 Å². The second-order valence-corrected chi connectivity index (χ2v) is 4.18. The van der Waals surface area contributed by atoms with Crippen molar-refractivity contribution in [2.45, 2.75) is 13.3 Å². The third-order valence-corrected chi connectivity index (χ3v) is 2.68. The minimum atomic E-state index is 0.196. The third kappa shape index (κ3) is 3.07. The molecular formula is C12H14ClN5. The van der Waals surface area contributed by atoms with Gasteiger partial charge in [-0.1, -0.05) is 6.07 Å². The maximum atomic E-state index is 5.87. The molecule has 0 aliphatic heterocycles. The molecule has 0 atom stereocenters. The average molecular weight is 264 g/mol. The van der Waals surface area contributed by atoms with Crippen molar-refractivity contribution in [2.24, 2.45) is 0 Å². The third-order valence-electron chi connectivity index (χ3n) is 2.51. The molecular weight excluding hydrogens is 250 g/mol. The standard InChI is InChI=1S/C12H14ClN5/c1-8-10(14)11(18-12(13)17-8)16-7-5-9-4-2-3-6-15-9/h2-4,6H,5,7,14H2,1H3,(H,16,17,18). The fourth-order valence-corrected chi connectivity index (χ4v) is 1.75. The van der Waals surface area contributed by atoms with Crippen LogP contribution in [0, 0.1) is 6.92 Å². The van der Waals surface area contributed by atoms with Crippen molar-refractivity contribution in [3.63, 3.8) is 0 Å². The molecule has 0 aromatic carbocycles. The molecule has 0 saturated heterocycles. The second kappa shape index (κ2) is 5.64. The molecule has 0 amide bonds. The molecule has 2 aromatic heterocycles. The van der Waals surface area contributed by atoms with E-state index in [2.05, 4.69) is 20.3 Å². The van der Waals surface area contributed by atoms with Crippen LogP contribution in [0.2, 0.25) is 5.28 Å². The van der Waals surface area contributed by atoms with Crippen molar-refractivity contribution in [3.05, 3.63) is 41.1 Å². The Kier molecular flexibility index (Phi) is 3.94. The Labute approximate surface area is 110 Å². The van der Waals surface area contributed by atoms with Crippen LogP contribution in [-0.4, -0.2) is 21.5 Å². The largest absolute Gasteiger partial charge is 0.394 e. The number of hydrogen-bond acceptors (Lipinski definition) is 5. The highest BCUT2D eigenvalue weighted by molar-refractivity contribution is 6.28. The van der Waals surface area contributed by atoms with E-state index in [0.717, 1.165) is 12.1 Å². The first-order valence-corrected chi connectivity index (χ1v) is 5.98. The van der Waals surface area contributed by atoms with Crippen LogP contribution in [0.3, 0.4) is 0 Å². The lowest BCUT2D eigenvalue weighted by Gasteiger charge is -2.09. The van der Waals surface area contributed by atoms with Gasteiger partial charge in [-0.15, -0.1) is 0 Å². The number of halogens is 1. The Balaban J connectivity index is 1.99. The first kappa shape index (κ1) is 12.6. The summed E-state index contributed by atoms with van der Waals surface area (Å²) in [6.45, 7) is 2.49. The zero-order valence-electron chi connectivity index (χ0n) is 10.0. The smallest absolute Gasteiger partial charge is 0.224 e. The molecule has 0 radical (unpaired) electrons. The maximum absolute atomic E-state index is 5.87. The van der Waals surface area contributed by atoms with E-state index in [1.807, 2.05) is 18.2 Å². The highest BCUT2D eigenvalue weighted by atomic mass is 35.5. The highest BCUT2D eigenvalue weighted by Gasteiger charge is 2.06. The monoisotopic (exact) mass is 263 g/mol. The van der Waals surface area contributed by atoms with Crippen molar-refractivity contribution >= 4 is 23.1 Å². The number of aryl methyl sites for hydroxylation is 1. The zero-order chi connectivity index (χ0) is 13.0. The summed E-state index contributed by atoms with van der Waals surface area (Å²) in [5.41, 5.74) is 8.09. The molecule has 2 heterocycles. The summed E-state index contributed by atoms with van der Waals surface area (Å²) < 4.78 is 0. The second-order valence-electron chi connectivity index (χ2n) is 3.84. The van der Waals surface area contributed by atoms with Crippen LogP contribution in [0.5, 0.6) is 0 Å². The van der Waals surface area contributed by atoms with Gasteiger partial charge in [0.25, 0.3) is 0 Å². The van der Waals surface area contributed by atoms with Gasteiger partial charge in [0.15, 0.2) is 5.82 Å². The van der Waals surface area contributed by atoms with Crippen LogP contribution in [-0.2, 0) is 6.42 Å². The molecule has 0 unspecified atom stereocenters. The van der Waals surface area contributed by atoms with Crippen LogP contribution in [0.1, 0.15) is 11.4 Å². The molecule has 2 rings (SSSR count). The quantitative estimate of drug-likeness (QED) is 0.826. The van der Waals surface area contributed by atoms with Crippen molar-refractivity contribution in [1.29, 1.82) is 0 Å². The van der Waals surface area contributed by atoms with Crippen LogP contribution in [0.15, 0.2) is 24.4 Å². The fourth-order valence-electron chi connectivity index (χ4n) is 1.54. The number of pyridine rings is 1. The highest BCUT2D eigenvalue weighted by Crippen LogP contribution is 2.20. The Morgan fingerprint density at radius 2 is 2.17 bits per heavy atom. The summed E-state index contributed by atoms with van der Waals surface area (Å²) in [6.07, 6.45) is 2.57. The Morgan fingerprint density at radius 1 is 1.33 bits per heavy atom. The predicted molar refractivity (Wildman–Crippen MR) is 72.6 cm³/mol. The van der Waals surface area contributed by atoms with E-state index in [0.29, 0.717) is 23.7 Å². The van der Waals surface area contributed by atoms with Gasteiger partial charge in [-0.05, 0) is 30.7 Å². The number of rotatable bonds is 4. The number of nitrogens with zero attached hydrogens (tertiary/aromatic N) is 3. The lowest BCUT2D eigenvalue weighted by atomic mass is 10.2. The van der Waals surface area contributed by atoms with Gasteiger partial charge >= 0.3 is 0 Å². The van der Waals surface area contributed by atoms with E-state index in [-0.39, 0.29) is 5.28 Å². The SMILES string of the molecule is Cc1nc(Cl)nc(NCCc2ccccn2)c1N. The first-order valence-electron chi connectivity index (χ1n) is 5.60. The van der Waals surface area contributed by atoms with E-state index in [1.54, 1.807) is 13.1 Å². The molecule has 2 aromatic rings. The number of nitrogens with one attached hydrogen (secondary N) is 1. The molecule has 0 bridgehead atoms. The van der Waals surface area contributed by atoms with E-state index >= 15 is 0 Å². The maximum Gasteiger partial charge on any atom is 0.224 e. The topological polar surface area (TPSA) is 76.7 Å². The van der Waals surface area contributed by atoms with Gasteiger partial charge in [-0.3, -0.25) is 4.98 Å². The van der Waals surface area contributed by atoms with Gasteiger partial charge in [-0.25, -0.2) is 4.98 Å². The van der Waals surface area contributed by atoms with Crippen LogP contribution in [0.25, 0.3) is 0 Å². The van der Waals surface area contributed by atoms with Crippen LogP contribution < -0.4 is 11.1 Å². The van der Waals surface area contributed by atoms with Gasteiger partial charge in [0, 0.05) is 24.9 Å². The molecule has 18 heavy (non-hydrogen) atoms. The predicted octanol–water partition coefficient (Wildman–Crippen LogP) is 2.07. The number of anilines is 2. The van der Waals surface area contributed by atoms with Crippen molar-refractivity contribution in [3.8, 4) is 0 Å². The Bertz CT molecular complexity index is 529.